The van der Waals surface area contributed by atoms with Gasteiger partial charge in [-0.15, -0.1) is 0 Å². The molecule has 1 heterocycles. The van der Waals surface area contributed by atoms with E-state index in [1.165, 1.54) is 0 Å². The lowest BCUT2D eigenvalue weighted by molar-refractivity contribution is 0.281. The van der Waals surface area contributed by atoms with Crippen molar-refractivity contribution in [3.05, 3.63) is 46.9 Å². The van der Waals surface area contributed by atoms with Crippen molar-refractivity contribution in [2.24, 2.45) is 0 Å². The summed E-state index contributed by atoms with van der Waals surface area (Å²) < 4.78 is 5.54. The third-order valence-corrected chi connectivity index (χ3v) is 2.28. The molecule has 4 nitrogen and oxygen atoms in total. The number of rotatable bonds is 3. The molecule has 0 radical (unpaired) electrons. The van der Waals surface area contributed by atoms with Gasteiger partial charge in [0.15, 0.2) is 0 Å². The molecule has 0 amide bonds. The Morgan fingerprint density at radius 1 is 1.29 bits per heavy atom. The molecule has 1 N–H and O–H groups in total. The van der Waals surface area contributed by atoms with Crippen LogP contribution in [0.2, 0.25) is 5.28 Å². The van der Waals surface area contributed by atoms with Gasteiger partial charge in [-0.1, -0.05) is 12.1 Å². The second-order valence-corrected chi connectivity index (χ2v) is 3.86. The van der Waals surface area contributed by atoms with E-state index in [9.17, 15) is 0 Å². The van der Waals surface area contributed by atoms with Crippen LogP contribution in [-0.2, 0) is 6.61 Å². The Labute approximate surface area is 104 Å². The monoisotopic (exact) mass is 250 g/mol. The number of aryl methyl sites for hydroxylation is 1. The fourth-order valence-corrected chi connectivity index (χ4v) is 1.60. The van der Waals surface area contributed by atoms with Crippen LogP contribution in [0.15, 0.2) is 30.3 Å². The fraction of sp³-hybridized carbons (Fsp3) is 0.167. The first-order chi connectivity index (χ1) is 8.17. The number of aromatic nitrogens is 2. The molecule has 0 aliphatic heterocycles. The number of hydrogen-bond donors (Lipinski definition) is 1. The van der Waals surface area contributed by atoms with Gasteiger partial charge >= 0.3 is 0 Å². The first-order valence-electron chi connectivity index (χ1n) is 5.06. The predicted molar refractivity (Wildman–Crippen MR) is 64.2 cm³/mol. The van der Waals surface area contributed by atoms with Crippen LogP contribution in [0.3, 0.4) is 0 Å². The molecule has 0 spiro atoms. The maximum Gasteiger partial charge on any atom is 0.225 e. The van der Waals surface area contributed by atoms with Crippen molar-refractivity contribution in [2.75, 3.05) is 0 Å². The average molecular weight is 251 g/mol. The van der Waals surface area contributed by atoms with Crippen molar-refractivity contribution in [3.8, 4) is 11.6 Å². The second-order valence-electron chi connectivity index (χ2n) is 3.52. The van der Waals surface area contributed by atoms with Gasteiger partial charge in [0.25, 0.3) is 0 Å². The molecule has 0 saturated carbocycles. The largest absolute Gasteiger partial charge is 0.439 e. The Balaban J connectivity index is 2.24. The molecule has 0 aliphatic rings. The maximum absolute atomic E-state index is 9.01. The Kier molecular flexibility index (Phi) is 3.56. The van der Waals surface area contributed by atoms with Crippen LogP contribution in [0.25, 0.3) is 0 Å². The van der Waals surface area contributed by atoms with Crippen LogP contribution in [0, 0.1) is 6.92 Å². The van der Waals surface area contributed by atoms with Gasteiger partial charge in [0, 0.05) is 11.8 Å². The molecule has 2 aromatic rings. The average Bonchev–Trinajstić information content (AvgIpc) is 2.28. The highest BCUT2D eigenvalue weighted by Gasteiger charge is 2.03. The molecule has 0 aliphatic carbocycles. The van der Waals surface area contributed by atoms with Crippen LogP contribution in [-0.4, -0.2) is 15.1 Å². The quantitative estimate of drug-likeness (QED) is 0.851. The summed E-state index contributed by atoms with van der Waals surface area (Å²) in [6.45, 7) is 1.78. The Bertz CT molecular complexity index is 511. The van der Waals surface area contributed by atoms with E-state index in [-0.39, 0.29) is 11.9 Å². The lowest BCUT2D eigenvalue weighted by atomic mass is 10.2. The Morgan fingerprint density at radius 3 is 2.82 bits per heavy atom. The molecular formula is C12H11ClN2O2. The maximum atomic E-state index is 9.01. The summed E-state index contributed by atoms with van der Waals surface area (Å²) in [6.07, 6.45) is 0. The van der Waals surface area contributed by atoms with Crippen LogP contribution in [0.4, 0.5) is 0 Å². The van der Waals surface area contributed by atoms with Crippen molar-refractivity contribution in [2.45, 2.75) is 13.5 Å². The molecule has 0 fully saturated rings. The highest BCUT2D eigenvalue weighted by Crippen LogP contribution is 2.22. The molecule has 5 heteroatoms. The minimum atomic E-state index is -0.0270. The lowest BCUT2D eigenvalue weighted by Crippen LogP contribution is -1.93. The van der Waals surface area contributed by atoms with E-state index in [0.717, 1.165) is 11.3 Å². The summed E-state index contributed by atoms with van der Waals surface area (Å²) in [5.41, 5.74) is 1.51. The summed E-state index contributed by atoms with van der Waals surface area (Å²) in [6, 6.07) is 8.83. The number of ether oxygens (including phenoxy) is 1. The van der Waals surface area contributed by atoms with Gasteiger partial charge < -0.3 is 9.84 Å². The third-order valence-electron chi connectivity index (χ3n) is 2.11. The third kappa shape index (κ3) is 3.15. The summed E-state index contributed by atoms with van der Waals surface area (Å²) in [5, 5.41) is 9.17. The van der Waals surface area contributed by atoms with E-state index in [1.807, 2.05) is 13.0 Å². The molecule has 88 valence electrons. The second kappa shape index (κ2) is 5.12. The normalized spacial score (nSPS) is 10.3. The zero-order chi connectivity index (χ0) is 12.3. The van der Waals surface area contributed by atoms with Gasteiger partial charge in [-0.3, -0.25) is 0 Å². The van der Waals surface area contributed by atoms with Crippen LogP contribution in [0.1, 0.15) is 11.3 Å². The molecule has 0 bridgehead atoms. The van der Waals surface area contributed by atoms with Gasteiger partial charge in [0.1, 0.15) is 5.75 Å². The molecule has 0 atom stereocenters. The standard InChI is InChI=1S/C12H11ClN2O2/c1-8-5-11(15-12(13)14-8)17-10-4-2-3-9(6-10)7-16/h2-6,16H,7H2,1H3. The highest BCUT2D eigenvalue weighted by atomic mass is 35.5. The summed E-state index contributed by atoms with van der Waals surface area (Å²) in [7, 11) is 0. The fourth-order valence-electron chi connectivity index (χ4n) is 1.39. The van der Waals surface area contributed by atoms with Crippen LogP contribution in [0.5, 0.6) is 11.6 Å². The van der Waals surface area contributed by atoms with Crippen molar-refractivity contribution in [1.82, 2.24) is 9.97 Å². The number of nitrogens with zero attached hydrogens (tertiary/aromatic N) is 2. The van der Waals surface area contributed by atoms with Gasteiger partial charge in [0.2, 0.25) is 11.2 Å². The van der Waals surface area contributed by atoms with Gasteiger partial charge in [-0.05, 0) is 36.2 Å². The van der Waals surface area contributed by atoms with E-state index in [1.54, 1.807) is 24.3 Å². The van der Waals surface area contributed by atoms with Crippen molar-refractivity contribution >= 4 is 11.6 Å². The van der Waals surface area contributed by atoms with Gasteiger partial charge in [-0.2, -0.15) is 4.98 Å². The van der Waals surface area contributed by atoms with Crippen LogP contribution >= 0.6 is 11.6 Å². The van der Waals surface area contributed by atoms with E-state index in [2.05, 4.69) is 9.97 Å². The van der Waals surface area contributed by atoms with Gasteiger partial charge in [-0.25, -0.2) is 4.98 Å². The number of aliphatic hydroxyl groups excluding tert-OH is 1. The Hall–Kier alpha value is -1.65. The number of aliphatic hydroxyl groups is 1. The lowest BCUT2D eigenvalue weighted by Gasteiger charge is -2.06. The molecule has 17 heavy (non-hydrogen) atoms. The molecule has 1 aromatic carbocycles. The molecule has 1 aromatic heterocycles. The van der Waals surface area contributed by atoms with Crippen molar-refractivity contribution in [3.63, 3.8) is 0 Å². The van der Waals surface area contributed by atoms with Gasteiger partial charge in [0.05, 0.1) is 6.61 Å². The number of halogens is 1. The zero-order valence-corrected chi connectivity index (χ0v) is 9.98. The zero-order valence-electron chi connectivity index (χ0n) is 9.22. The molecular weight excluding hydrogens is 240 g/mol. The van der Waals surface area contributed by atoms with E-state index in [4.69, 9.17) is 21.4 Å². The highest BCUT2D eigenvalue weighted by molar-refractivity contribution is 6.28. The summed E-state index contributed by atoms with van der Waals surface area (Å²) >= 11 is 5.73. The topological polar surface area (TPSA) is 55.2 Å². The summed E-state index contributed by atoms with van der Waals surface area (Å²) in [4.78, 5) is 7.90. The minimum Gasteiger partial charge on any atom is -0.439 e. The first kappa shape index (κ1) is 11.8. The van der Waals surface area contributed by atoms with E-state index < -0.39 is 0 Å². The first-order valence-corrected chi connectivity index (χ1v) is 5.44. The SMILES string of the molecule is Cc1cc(Oc2cccc(CO)c2)nc(Cl)n1. The van der Waals surface area contributed by atoms with Crippen molar-refractivity contribution in [1.29, 1.82) is 0 Å². The predicted octanol–water partition coefficient (Wildman–Crippen LogP) is 2.72. The number of hydrogen-bond acceptors (Lipinski definition) is 4. The Morgan fingerprint density at radius 2 is 2.12 bits per heavy atom. The van der Waals surface area contributed by atoms with E-state index >= 15 is 0 Å². The van der Waals surface area contributed by atoms with Crippen molar-refractivity contribution < 1.29 is 9.84 Å². The van der Waals surface area contributed by atoms with E-state index in [0.29, 0.717) is 11.6 Å². The van der Waals surface area contributed by atoms with Crippen LogP contribution < -0.4 is 4.74 Å². The molecule has 0 unspecified atom stereocenters. The smallest absolute Gasteiger partial charge is 0.225 e. The minimum absolute atomic E-state index is 0.0270. The molecule has 2 rings (SSSR count). The number of benzene rings is 1. The summed E-state index contributed by atoms with van der Waals surface area (Å²) in [5.74, 6) is 0.989. The molecule has 0 saturated heterocycles.